The monoisotopic (exact) mass is 373 g/mol. The van der Waals surface area contributed by atoms with Gasteiger partial charge < -0.3 is 5.32 Å². The molecule has 2 N–H and O–H groups in total. The fourth-order valence-electron chi connectivity index (χ4n) is 1.92. The molecule has 24 heavy (non-hydrogen) atoms. The molecule has 128 valence electrons. The molecule has 0 bridgehead atoms. The molecule has 0 aliphatic rings. The van der Waals surface area contributed by atoms with Gasteiger partial charge in [0, 0.05) is 11.3 Å². The molecular weight excluding hydrogens is 359 g/mol. The number of halogens is 3. The van der Waals surface area contributed by atoms with Gasteiger partial charge in [-0.1, -0.05) is 6.07 Å². The Morgan fingerprint density at radius 1 is 1.33 bits per heavy atom. The molecule has 1 aromatic carbocycles. The minimum atomic E-state index is -4.46. The van der Waals surface area contributed by atoms with Gasteiger partial charge in [-0.3, -0.25) is 10.3 Å². The highest BCUT2D eigenvalue weighted by Crippen LogP contribution is 2.35. The summed E-state index contributed by atoms with van der Waals surface area (Å²) in [6.45, 7) is 3.87. The summed E-state index contributed by atoms with van der Waals surface area (Å²) in [4.78, 5) is 15.8. The summed E-state index contributed by atoms with van der Waals surface area (Å²) >= 11 is 2.89. The highest BCUT2D eigenvalue weighted by molar-refractivity contribution is 8.00. The summed E-state index contributed by atoms with van der Waals surface area (Å²) < 4.78 is 39.0. The summed E-state index contributed by atoms with van der Waals surface area (Å²) in [5.41, 5.74) is 0.189. The van der Waals surface area contributed by atoms with Gasteiger partial charge in [0.25, 0.3) is 0 Å². The Kier molecular flexibility index (Phi) is 5.89. The first-order chi connectivity index (χ1) is 11.3. The van der Waals surface area contributed by atoms with Gasteiger partial charge in [0.15, 0.2) is 0 Å². The number of thioether (sulfide) groups is 1. The van der Waals surface area contributed by atoms with E-state index in [-0.39, 0.29) is 5.69 Å². The average molecular weight is 373 g/mol. The number of carbonyl (C=O) groups excluding carboxylic acids is 1. The van der Waals surface area contributed by atoms with Crippen molar-refractivity contribution < 1.29 is 18.0 Å². The number of benzene rings is 1. The van der Waals surface area contributed by atoms with E-state index in [1.54, 1.807) is 6.07 Å². The minimum Gasteiger partial charge on any atom is -0.308 e. The zero-order valence-corrected chi connectivity index (χ0v) is 14.2. The second-order valence-electron chi connectivity index (χ2n) is 4.67. The van der Waals surface area contributed by atoms with E-state index in [0.717, 1.165) is 21.9 Å². The average Bonchev–Trinajstić information content (AvgIpc) is 2.88. The number of hydrogen-bond acceptors (Lipinski definition) is 4. The molecule has 0 atom stereocenters. The standard InChI is InChI=1S/C15H14F3N3OS2/c1-19-8-9-6-12(24-13(9)23-2)21-14(22)20-11-5-3-4-10(7-11)15(16,17)18/h3-7H,1,8H2,2H3,(H2,20,21,22). The van der Waals surface area contributed by atoms with Crippen LogP contribution in [0.5, 0.6) is 0 Å². The van der Waals surface area contributed by atoms with E-state index in [1.807, 2.05) is 6.26 Å². The molecule has 2 rings (SSSR count). The Balaban J connectivity index is 2.07. The van der Waals surface area contributed by atoms with Crippen molar-refractivity contribution in [3.8, 4) is 0 Å². The Hall–Kier alpha value is -2.00. The highest BCUT2D eigenvalue weighted by Gasteiger charge is 2.30. The Morgan fingerprint density at radius 2 is 2.08 bits per heavy atom. The molecule has 0 radical (unpaired) electrons. The predicted octanol–water partition coefficient (Wildman–Crippen LogP) is 5.33. The molecule has 0 saturated carbocycles. The van der Waals surface area contributed by atoms with Crippen molar-refractivity contribution >= 4 is 46.5 Å². The van der Waals surface area contributed by atoms with Crippen LogP contribution in [0.25, 0.3) is 0 Å². The third-order valence-electron chi connectivity index (χ3n) is 2.92. The van der Waals surface area contributed by atoms with E-state index in [1.165, 1.54) is 35.2 Å². The second kappa shape index (κ2) is 7.71. The molecule has 1 heterocycles. The first kappa shape index (κ1) is 18.3. The van der Waals surface area contributed by atoms with Crippen LogP contribution in [0.4, 0.5) is 28.7 Å². The van der Waals surface area contributed by atoms with Crippen molar-refractivity contribution in [2.75, 3.05) is 16.9 Å². The van der Waals surface area contributed by atoms with Crippen LogP contribution in [0.1, 0.15) is 11.1 Å². The van der Waals surface area contributed by atoms with Crippen LogP contribution in [0.2, 0.25) is 0 Å². The number of urea groups is 1. The maximum absolute atomic E-state index is 12.7. The highest BCUT2D eigenvalue weighted by atomic mass is 32.2. The summed E-state index contributed by atoms with van der Waals surface area (Å²) in [5.74, 6) is 0. The molecule has 0 unspecified atom stereocenters. The first-order valence-corrected chi connectivity index (χ1v) is 8.72. The fourth-order valence-corrected chi connectivity index (χ4v) is 3.71. The van der Waals surface area contributed by atoms with E-state index in [2.05, 4.69) is 22.3 Å². The van der Waals surface area contributed by atoms with Gasteiger partial charge in [-0.05, 0) is 37.2 Å². The van der Waals surface area contributed by atoms with Crippen LogP contribution in [0.15, 0.2) is 39.5 Å². The molecule has 1 aromatic heterocycles. The van der Waals surface area contributed by atoms with Crippen LogP contribution >= 0.6 is 23.1 Å². The van der Waals surface area contributed by atoms with Crippen molar-refractivity contribution in [1.82, 2.24) is 0 Å². The summed E-state index contributed by atoms with van der Waals surface area (Å²) in [5, 5.41) is 5.60. The zero-order chi connectivity index (χ0) is 17.7. The summed E-state index contributed by atoms with van der Waals surface area (Å²) in [7, 11) is 0. The van der Waals surface area contributed by atoms with Gasteiger partial charge in [0.2, 0.25) is 0 Å². The molecule has 0 saturated heterocycles. The number of thiophene rings is 1. The molecule has 0 aliphatic carbocycles. The normalized spacial score (nSPS) is 11.2. The van der Waals surface area contributed by atoms with Crippen molar-refractivity contribution in [3.05, 3.63) is 41.5 Å². The van der Waals surface area contributed by atoms with Crippen LogP contribution in [0, 0.1) is 0 Å². The summed E-state index contributed by atoms with van der Waals surface area (Å²) in [6.07, 6.45) is -2.55. The number of rotatable bonds is 5. The number of anilines is 2. The molecule has 2 amide bonds. The molecule has 0 aliphatic heterocycles. The topological polar surface area (TPSA) is 53.5 Å². The van der Waals surface area contributed by atoms with E-state index in [0.29, 0.717) is 11.5 Å². The van der Waals surface area contributed by atoms with Gasteiger partial charge >= 0.3 is 12.2 Å². The minimum absolute atomic E-state index is 0.0666. The third kappa shape index (κ3) is 4.75. The van der Waals surface area contributed by atoms with Crippen LogP contribution in [-0.2, 0) is 12.7 Å². The lowest BCUT2D eigenvalue weighted by Crippen LogP contribution is -2.19. The summed E-state index contributed by atoms with van der Waals surface area (Å²) in [6, 6.07) is 5.63. The number of carbonyl (C=O) groups is 1. The molecule has 4 nitrogen and oxygen atoms in total. The van der Waals surface area contributed by atoms with Crippen molar-refractivity contribution in [3.63, 3.8) is 0 Å². The predicted molar refractivity (Wildman–Crippen MR) is 93.4 cm³/mol. The largest absolute Gasteiger partial charge is 0.416 e. The Labute approximate surface area is 145 Å². The quantitative estimate of drug-likeness (QED) is 0.549. The maximum Gasteiger partial charge on any atom is 0.416 e. The molecule has 9 heteroatoms. The number of aliphatic imine (C=N–C) groups is 1. The van der Waals surface area contributed by atoms with E-state index < -0.39 is 17.8 Å². The lowest BCUT2D eigenvalue weighted by atomic mass is 10.2. The van der Waals surface area contributed by atoms with Crippen molar-refractivity contribution in [1.29, 1.82) is 0 Å². The number of nitrogens with one attached hydrogen (secondary N) is 2. The number of nitrogens with zero attached hydrogens (tertiary/aromatic N) is 1. The van der Waals surface area contributed by atoms with Gasteiger partial charge in [-0.25, -0.2) is 4.79 Å². The van der Waals surface area contributed by atoms with Gasteiger partial charge in [0.05, 0.1) is 21.3 Å². The van der Waals surface area contributed by atoms with Crippen LogP contribution in [-0.4, -0.2) is 19.0 Å². The van der Waals surface area contributed by atoms with E-state index in [4.69, 9.17) is 0 Å². The van der Waals surface area contributed by atoms with Gasteiger partial charge in [-0.2, -0.15) is 13.2 Å². The van der Waals surface area contributed by atoms with Gasteiger partial charge in [-0.15, -0.1) is 23.1 Å². The van der Waals surface area contributed by atoms with Crippen LogP contribution in [0.3, 0.4) is 0 Å². The number of alkyl halides is 3. The van der Waals surface area contributed by atoms with E-state index in [9.17, 15) is 18.0 Å². The SMILES string of the molecule is C=NCc1cc(NC(=O)Nc2cccc(C(F)(F)F)c2)sc1SC. The third-order valence-corrected chi connectivity index (χ3v) is 5.19. The fraction of sp³-hybridized carbons (Fsp3) is 0.200. The maximum atomic E-state index is 12.7. The molecular formula is C15H14F3N3OS2. The smallest absolute Gasteiger partial charge is 0.308 e. The molecule has 0 spiro atoms. The number of amides is 2. The molecule has 2 aromatic rings. The van der Waals surface area contributed by atoms with Gasteiger partial charge in [0.1, 0.15) is 0 Å². The first-order valence-electron chi connectivity index (χ1n) is 6.68. The van der Waals surface area contributed by atoms with Crippen LogP contribution < -0.4 is 10.6 Å². The van der Waals surface area contributed by atoms with Crippen molar-refractivity contribution in [2.24, 2.45) is 4.99 Å². The number of hydrogen-bond donors (Lipinski definition) is 2. The second-order valence-corrected chi connectivity index (χ2v) is 6.79. The zero-order valence-electron chi connectivity index (χ0n) is 12.6. The molecule has 0 fully saturated rings. The lowest BCUT2D eigenvalue weighted by molar-refractivity contribution is -0.137. The lowest BCUT2D eigenvalue weighted by Gasteiger charge is -2.10. The van der Waals surface area contributed by atoms with Crippen molar-refractivity contribution in [2.45, 2.75) is 16.9 Å². The Morgan fingerprint density at radius 3 is 2.71 bits per heavy atom. The Bertz CT molecular complexity index is 744. The van der Waals surface area contributed by atoms with E-state index >= 15 is 0 Å².